The number of amides is 1. The van der Waals surface area contributed by atoms with Crippen molar-refractivity contribution in [2.24, 2.45) is 0 Å². The number of thiophene rings is 1. The van der Waals surface area contributed by atoms with E-state index in [0.29, 0.717) is 26.2 Å². The van der Waals surface area contributed by atoms with Gasteiger partial charge in [-0.3, -0.25) is 4.79 Å². The lowest BCUT2D eigenvalue weighted by molar-refractivity contribution is -0.133. The number of carbonyl (C=O) groups is 1. The minimum atomic E-state index is -0.100. The summed E-state index contributed by atoms with van der Waals surface area (Å²) < 4.78 is 2.07. The Labute approximate surface area is 207 Å². The smallest absolute Gasteiger partial charge is 0.230 e. The number of nitrogens with zero attached hydrogens (tertiary/aromatic N) is 6. The maximum absolute atomic E-state index is 13.4. The molecule has 3 aromatic heterocycles. The van der Waals surface area contributed by atoms with Gasteiger partial charge in [0.1, 0.15) is 0 Å². The summed E-state index contributed by atoms with van der Waals surface area (Å²) in [5.74, 6) is 1.74. The molecule has 1 aliphatic heterocycles. The number of carbonyl (C=O) groups excluding carboxylic acids is 1. The fourth-order valence-corrected chi connectivity index (χ4v) is 5.63. The Balaban J connectivity index is 1.32. The van der Waals surface area contributed by atoms with Crippen LogP contribution in [0.1, 0.15) is 24.8 Å². The zero-order valence-corrected chi connectivity index (χ0v) is 20.4. The first-order valence-corrected chi connectivity index (χ1v) is 12.9. The second kappa shape index (κ2) is 9.11. The molecule has 1 atom stereocenters. The number of aromatic nitrogens is 4. The number of anilines is 1. The zero-order valence-electron chi connectivity index (χ0n) is 19.5. The Morgan fingerprint density at radius 1 is 0.943 bits per heavy atom. The molecular formula is C27H26N6OS. The van der Waals surface area contributed by atoms with E-state index in [4.69, 9.17) is 4.98 Å². The Kier molecular flexibility index (Phi) is 5.66. The number of rotatable bonds is 5. The van der Waals surface area contributed by atoms with Crippen LogP contribution in [-0.2, 0) is 4.79 Å². The van der Waals surface area contributed by atoms with Gasteiger partial charge in [-0.15, -0.1) is 21.5 Å². The van der Waals surface area contributed by atoms with Crippen molar-refractivity contribution in [1.82, 2.24) is 24.5 Å². The van der Waals surface area contributed by atoms with E-state index in [1.54, 1.807) is 11.3 Å². The highest BCUT2D eigenvalue weighted by molar-refractivity contribution is 7.13. The van der Waals surface area contributed by atoms with E-state index in [-0.39, 0.29) is 11.8 Å². The van der Waals surface area contributed by atoms with E-state index < -0.39 is 0 Å². The molecule has 1 fully saturated rings. The van der Waals surface area contributed by atoms with Gasteiger partial charge in [0, 0.05) is 31.6 Å². The molecule has 176 valence electrons. The van der Waals surface area contributed by atoms with Gasteiger partial charge in [0.25, 0.3) is 0 Å². The van der Waals surface area contributed by atoms with Gasteiger partial charge >= 0.3 is 0 Å². The first-order chi connectivity index (χ1) is 17.2. The summed E-state index contributed by atoms with van der Waals surface area (Å²) >= 11 is 1.64. The molecular weight excluding hydrogens is 456 g/mol. The lowest BCUT2D eigenvalue weighted by atomic mass is 9.95. The third-order valence-electron chi connectivity index (χ3n) is 6.75. The molecule has 7 nitrogen and oxygen atoms in total. The van der Waals surface area contributed by atoms with Crippen molar-refractivity contribution in [2.75, 3.05) is 31.1 Å². The van der Waals surface area contributed by atoms with Gasteiger partial charge < -0.3 is 9.80 Å². The molecule has 0 bridgehead atoms. The molecule has 1 unspecified atom stereocenters. The highest BCUT2D eigenvalue weighted by atomic mass is 32.1. The first kappa shape index (κ1) is 21.7. The van der Waals surface area contributed by atoms with E-state index >= 15 is 0 Å². The normalized spacial score (nSPS) is 15.1. The standard InChI is InChI=1S/C27H26N6OS/c1-2-20(19-9-4-3-5-10-19)26(34)31-14-16-32(17-15-31)27-28-22-12-7-6-11-21(22)24-29-30-25(33(24)27)23-13-8-18-35-23/h3-13,18,20H,2,14-17H2,1H3. The molecule has 1 amide bonds. The maximum atomic E-state index is 13.4. The number of benzene rings is 2. The van der Waals surface area contributed by atoms with Crippen molar-refractivity contribution in [3.05, 3.63) is 77.7 Å². The zero-order chi connectivity index (χ0) is 23.8. The lowest BCUT2D eigenvalue weighted by Crippen LogP contribution is -2.50. The molecule has 8 heteroatoms. The van der Waals surface area contributed by atoms with Crippen molar-refractivity contribution in [1.29, 1.82) is 0 Å². The highest BCUT2D eigenvalue weighted by Crippen LogP contribution is 2.31. The Bertz CT molecular complexity index is 1470. The van der Waals surface area contributed by atoms with Gasteiger partial charge in [-0.25, -0.2) is 9.38 Å². The summed E-state index contributed by atoms with van der Waals surface area (Å²) in [6.45, 7) is 4.82. The molecule has 1 aliphatic rings. The summed E-state index contributed by atoms with van der Waals surface area (Å²) in [4.78, 5) is 23.8. The number of fused-ring (bicyclic) bond motifs is 3. The van der Waals surface area contributed by atoms with Gasteiger partial charge in [-0.05, 0) is 35.6 Å². The lowest BCUT2D eigenvalue weighted by Gasteiger charge is -2.37. The van der Waals surface area contributed by atoms with Gasteiger partial charge in [0.2, 0.25) is 11.9 Å². The Morgan fingerprint density at radius 3 is 2.46 bits per heavy atom. The van der Waals surface area contributed by atoms with Crippen LogP contribution in [0.15, 0.2) is 72.1 Å². The van der Waals surface area contributed by atoms with Gasteiger partial charge in [0.15, 0.2) is 11.5 Å². The molecule has 1 saturated heterocycles. The average Bonchev–Trinajstić information content (AvgIpc) is 3.60. The second-order valence-electron chi connectivity index (χ2n) is 8.77. The summed E-state index contributed by atoms with van der Waals surface area (Å²) in [7, 11) is 0. The van der Waals surface area contributed by atoms with E-state index in [0.717, 1.165) is 45.2 Å². The predicted molar refractivity (Wildman–Crippen MR) is 140 cm³/mol. The molecule has 0 radical (unpaired) electrons. The number of piperazine rings is 1. The van der Waals surface area contributed by atoms with Crippen molar-refractivity contribution in [3.8, 4) is 10.7 Å². The van der Waals surface area contributed by atoms with Crippen LogP contribution in [0.4, 0.5) is 5.95 Å². The minimum absolute atomic E-state index is 0.100. The van der Waals surface area contributed by atoms with E-state index in [1.165, 1.54) is 0 Å². The topological polar surface area (TPSA) is 66.6 Å². The fraction of sp³-hybridized carbons (Fsp3) is 0.259. The Morgan fingerprint density at radius 2 is 1.71 bits per heavy atom. The van der Waals surface area contributed by atoms with Crippen molar-refractivity contribution >= 4 is 39.7 Å². The molecule has 6 rings (SSSR count). The number of hydrogen-bond donors (Lipinski definition) is 0. The summed E-state index contributed by atoms with van der Waals surface area (Å²) in [5.41, 5.74) is 2.79. The van der Waals surface area contributed by atoms with Gasteiger partial charge in [-0.1, -0.05) is 55.5 Å². The molecule has 2 aromatic carbocycles. The van der Waals surface area contributed by atoms with Crippen LogP contribution < -0.4 is 4.90 Å². The van der Waals surface area contributed by atoms with Crippen LogP contribution >= 0.6 is 11.3 Å². The summed E-state index contributed by atoms with van der Waals surface area (Å²) in [6.07, 6.45) is 0.792. The number of para-hydroxylation sites is 1. The van der Waals surface area contributed by atoms with Crippen LogP contribution in [0, 0.1) is 0 Å². The largest absolute Gasteiger partial charge is 0.339 e. The van der Waals surface area contributed by atoms with Crippen LogP contribution in [0.5, 0.6) is 0 Å². The maximum Gasteiger partial charge on any atom is 0.230 e. The molecule has 4 heterocycles. The molecule has 5 aromatic rings. The van der Waals surface area contributed by atoms with Crippen molar-refractivity contribution in [2.45, 2.75) is 19.3 Å². The van der Waals surface area contributed by atoms with Crippen molar-refractivity contribution in [3.63, 3.8) is 0 Å². The quantitative estimate of drug-likeness (QED) is 0.358. The second-order valence-corrected chi connectivity index (χ2v) is 9.72. The molecule has 35 heavy (non-hydrogen) atoms. The third-order valence-corrected chi connectivity index (χ3v) is 7.62. The molecule has 0 N–H and O–H groups in total. The SMILES string of the molecule is CCC(C(=O)N1CCN(c2nc3ccccc3c3nnc(-c4cccs4)n23)CC1)c1ccccc1. The molecule has 0 saturated carbocycles. The monoisotopic (exact) mass is 482 g/mol. The third kappa shape index (κ3) is 3.83. The van der Waals surface area contributed by atoms with E-state index in [9.17, 15) is 4.79 Å². The van der Waals surface area contributed by atoms with Crippen LogP contribution in [0.25, 0.3) is 27.3 Å². The van der Waals surface area contributed by atoms with Gasteiger partial charge in [-0.2, -0.15) is 0 Å². The minimum Gasteiger partial charge on any atom is -0.339 e. The van der Waals surface area contributed by atoms with Crippen molar-refractivity contribution < 1.29 is 4.79 Å². The molecule has 0 aliphatic carbocycles. The van der Waals surface area contributed by atoms with Crippen LogP contribution in [0.2, 0.25) is 0 Å². The van der Waals surface area contributed by atoms with E-state index in [1.807, 2.05) is 58.8 Å². The van der Waals surface area contributed by atoms with E-state index in [2.05, 4.69) is 44.6 Å². The summed E-state index contributed by atoms with van der Waals surface area (Å²) in [5, 5.41) is 12.1. The average molecular weight is 483 g/mol. The van der Waals surface area contributed by atoms with Crippen LogP contribution in [-0.4, -0.2) is 56.6 Å². The predicted octanol–water partition coefficient (Wildman–Crippen LogP) is 4.85. The fourth-order valence-electron chi connectivity index (χ4n) is 4.93. The Hall–Kier alpha value is -3.78. The van der Waals surface area contributed by atoms with Gasteiger partial charge in [0.05, 0.1) is 16.3 Å². The first-order valence-electron chi connectivity index (χ1n) is 12.0. The van der Waals surface area contributed by atoms with Crippen LogP contribution in [0.3, 0.4) is 0 Å². The number of hydrogen-bond acceptors (Lipinski definition) is 6. The summed E-state index contributed by atoms with van der Waals surface area (Å²) in [6, 6.07) is 22.2. The molecule has 0 spiro atoms. The highest BCUT2D eigenvalue weighted by Gasteiger charge is 2.29.